The van der Waals surface area contributed by atoms with Gasteiger partial charge in [0.25, 0.3) is 0 Å². The van der Waals surface area contributed by atoms with Crippen LogP contribution in [-0.2, 0) is 11.3 Å². The van der Waals surface area contributed by atoms with Crippen LogP contribution in [0.4, 0.5) is 5.69 Å². The van der Waals surface area contributed by atoms with Gasteiger partial charge in [-0.15, -0.1) is 0 Å². The average Bonchev–Trinajstić information content (AvgIpc) is 2.57. The molecule has 0 fully saturated rings. The first kappa shape index (κ1) is 15.3. The van der Waals surface area contributed by atoms with Crippen LogP contribution in [-0.4, -0.2) is 56.0 Å². The van der Waals surface area contributed by atoms with E-state index in [9.17, 15) is 5.11 Å². The number of likely N-dealkylation sites (N-methyl/N-ethyl adjacent to an activating group) is 1. The molecule has 1 aliphatic rings. The highest BCUT2D eigenvalue weighted by atomic mass is 16.5. The first-order chi connectivity index (χ1) is 9.65. The van der Waals surface area contributed by atoms with E-state index in [2.05, 4.69) is 48.0 Å². The Balaban J connectivity index is 2.18. The topological polar surface area (TPSA) is 35.9 Å². The van der Waals surface area contributed by atoms with E-state index in [0.29, 0.717) is 19.2 Å². The van der Waals surface area contributed by atoms with E-state index < -0.39 is 6.10 Å². The van der Waals surface area contributed by atoms with Crippen molar-refractivity contribution in [1.82, 2.24) is 4.90 Å². The highest BCUT2D eigenvalue weighted by Gasteiger charge is 2.26. The Morgan fingerprint density at radius 2 is 2.15 bits per heavy atom. The number of aliphatic hydroxyl groups is 1. The zero-order chi connectivity index (χ0) is 14.5. The van der Waals surface area contributed by atoms with Gasteiger partial charge in [-0.2, -0.15) is 0 Å². The summed E-state index contributed by atoms with van der Waals surface area (Å²) in [5, 5.41) is 10.0. The third-order valence-electron chi connectivity index (χ3n) is 4.05. The van der Waals surface area contributed by atoms with Gasteiger partial charge in [-0.3, -0.25) is 4.90 Å². The monoisotopic (exact) mass is 278 g/mol. The molecule has 0 aromatic heterocycles. The van der Waals surface area contributed by atoms with Crippen LogP contribution in [0, 0.1) is 0 Å². The van der Waals surface area contributed by atoms with E-state index in [1.54, 1.807) is 7.11 Å². The fourth-order valence-corrected chi connectivity index (χ4v) is 3.01. The van der Waals surface area contributed by atoms with Gasteiger partial charge >= 0.3 is 0 Å². The lowest BCUT2D eigenvalue weighted by Gasteiger charge is -2.32. The van der Waals surface area contributed by atoms with E-state index in [0.717, 1.165) is 19.5 Å². The molecule has 2 rings (SSSR count). The molecule has 0 saturated heterocycles. The first-order valence-corrected chi connectivity index (χ1v) is 7.35. The number of nitrogens with zero attached hydrogens (tertiary/aromatic N) is 2. The normalized spacial score (nSPS) is 21.4. The second kappa shape index (κ2) is 7.07. The van der Waals surface area contributed by atoms with Crippen LogP contribution in [0.1, 0.15) is 18.9 Å². The summed E-state index contributed by atoms with van der Waals surface area (Å²) in [6.07, 6.45) is 0.655. The van der Waals surface area contributed by atoms with Gasteiger partial charge in [0.2, 0.25) is 0 Å². The van der Waals surface area contributed by atoms with Gasteiger partial charge in [-0.25, -0.2) is 0 Å². The van der Waals surface area contributed by atoms with Gasteiger partial charge in [0.05, 0.1) is 12.7 Å². The minimum Gasteiger partial charge on any atom is -0.389 e. The van der Waals surface area contributed by atoms with Crippen molar-refractivity contribution in [3.8, 4) is 0 Å². The SMILES string of the molecule is CC[C@H]1CN(C)c2ccccc2CN1C[C@H](O)COC. The quantitative estimate of drug-likeness (QED) is 0.890. The fraction of sp³-hybridized carbons (Fsp3) is 0.625. The van der Waals surface area contributed by atoms with Gasteiger partial charge < -0.3 is 14.7 Å². The summed E-state index contributed by atoms with van der Waals surface area (Å²) in [5.74, 6) is 0. The van der Waals surface area contributed by atoms with Crippen LogP contribution in [0.5, 0.6) is 0 Å². The summed E-state index contributed by atoms with van der Waals surface area (Å²) < 4.78 is 5.05. The molecular weight excluding hydrogens is 252 g/mol. The molecule has 1 N–H and O–H groups in total. The molecule has 20 heavy (non-hydrogen) atoms. The number of rotatable bonds is 5. The van der Waals surface area contributed by atoms with Gasteiger partial charge in [0.15, 0.2) is 0 Å². The number of ether oxygens (including phenoxy) is 1. The summed E-state index contributed by atoms with van der Waals surface area (Å²) in [4.78, 5) is 4.71. The van der Waals surface area contributed by atoms with Crippen molar-refractivity contribution in [3.63, 3.8) is 0 Å². The predicted molar refractivity (Wildman–Crippen MR) is 82.1 cm³/mol. The molecule has 4 nitrogen and oxygen atoms in total. The maximum atomic E-state index is 10.0. The minimum atomic E-state index is -0.426. The third kappa shape index (κ3) is 3.51. The molecule has 112 valence electrons. The fourth-order valence-electron chi connectivity index (χ4n) is 3.01. The van der Waals surface area contributed by atoms with Gasteiger partial charge in [0, 0.05) is 45.5 Å². The number of β-amino-alcohol motifs (C(OH)–C–C–N with tert-alkyl or cyclic N) is 1. The molecule has 1 heterocycles. The molecule has 1 aromatic carbocycles. The predicted octanol–water partition coefficient (Wildman–Crippen LogP) is 1.72. The van der Waals surface area contributed by atoms with Crippen LogP contribution < -0.4 is 4.90 Å². The van der Waals surface area contributed by atoms with Crippen LogP contribution in [0.25, 0.3) is 0 Å². The number of hydrogen-bond acceptors (Lipinski definition) is 4. The molecule has 1 aliphatic heterocycles. The average molecular weight is 278 g/mol. The van der Waals surface area contributed by atoms with Crippen LogP contribution >= 0.6 is 0 Å². The Labute approximate surface area is 122 Å². The Bertz CT molecular complexity index is 425. The van der Waals surface area contributed by atoms with Crippen molar-refractivity contribution in [2.24, 2.45) is 0 Å². The number of methoxy groups -OCH3 is 1. The summed E-state index contributed by atoms with van der Waals surface area (Å²) in [7, 11) is 3.78. The number of aliphatic hydroxyl groups excluding tert-OH is 1. The molecule has 0 amide bonds. The maximum absolute atomic E-state index is 10.0. The molecule has 0 unspecified atom stereocenters. The van der Waals surface area contributed by atoms with E-state index in [1.807, 2.05) is 0 Å². The van der Waals surface area contributed by atoms with E-state index in [-0.39, 0.29) is 0 Å². The van der Waals surface area contributed by atoms with Crippen molar-refractivity contribution >= 4 is 5.69 Å². The summed E-state index contributed by atoms with van der Waals surface area (Å²) in [6, 6.07) is 8.99. The highest BCUT2D eigenvalue weighted by molar-refractivity contribution is 5.54. The van der Waals surface area contributed by atoms with Gasteiger partial charge in [0.1, 0.15) is 0 Å². The lowest BCUT2D eigenvalue weighted by atomic mass is 10.1. The second-order valence-corrected chi connectivity index (χ2v) is 5.61. The van der Waals surface area contributed by atoms with Gasteiger partial charge in [-0.05, 0) is 18.1 Å². The van der Waals surface area contributed by atoms with Crippen molar-refractivity contribution in [3.05, 3.63) is 29.8 Å². The molecule has 0 aliphatic carbocycles. The lowest BCUT2D eigenvalue weighted by Crippen LogP contribution is -2.44. The first-order valence-electron chi connectivity index (χ1n) is 7.35. The summed E-state index contributed by atoms with van der Waals surface area (Å²) in [6.45, 7) is 5.15. The number of para-hydroxylation sites is 1. The lowest BCUT2D eigenvalue weighted by molar-refractivity contribution is 0.0250. The number of fused-ring (bicyclic) bond motifs is 1. The molecule has 0 radical (unpaired) electrons. The standard InChI is InChI=1S/C16H26N2O2/c1-4-14-10-17(2)16-8-6-5-7-13(16)9-18(14)11-15(19)12-20-3/h5-8,14-15,19H,4,9-12H2,1-3H3/t14-,15-/m0/s1. The second-order valence-electron chi connectivity index (χ2n) is 5.61. The Hall–Kier alpha value is -1.10. The number of anilines is 1. The zero-order valence-corrected chi connectivity index (χ0v) is 12.7. The minimum absolute atomic E-state index is 0.393. The Kier molecular flexibility index (Phi) is 5.40. The molecular formula is C16H26N2O2. The van der Waals surface area contributed by atoms with Crippen molar-refractivity contribution < 1.29 is 9.84 Å². The van der Waals surface area contributed by atoms with E-state index >= 15 is 0 Å². The summed E-state index contributed by atoms with van der Waals surface area (Å²) >= 11 is 0. The molecule has 4 heteroatoms. The number of hydrogen-bond donors (Lipinski definition) is 1. The third-order valence-corrected chi connectivity index (χ3v) is 4.05. The molecule has 0 saturated carbocycles. The summed E-state index contributed by atoms with van der Waals surface area (Å²) in [5.41, 5.74) is 2.63. The number of benzene rings is 1. The Morgan fingerprint density at radius 3 is 2.85 bits per heavy atom. The highest BCUT2D eigenvalue weighted by Crippen LogP contribution is 2.27. The molecule has 2 atom stereocenters. The van der Waals surface area contributed by atoms with Crippen molar-refractivity contribution in [2.75, 3.05) is 38.8 Å². The molecule has 0 bridgehead atoms. The van der Waals surface area contributed by atoms with E-state index in [1.165, 1.54) is 11.3 Å². The molecule has 0 spiro atoms. The van der Waals surface area contributed by atoms with Crippen LogP contribution in [0.15, 0.2) is 24.3 Å². The van der Waals surface area contributed by atoms with Crippen LogP contribution in [0.3, 0.4) is 0 Å². The van der Waals surface area contributed by atoms with Gasteiger partial charge in [-0.1, -0.05) is 25.1 Å². The Morgan fingerprint density at radius 1 is 1.40 bits per heavy atom. The smallest absolute Gasteiger partial charge is 0.0900 e. The molecule has 1 aromatic rings. The van der Waals surface area contributed by atoms with E-state index in [4.69, 9.17) is 4.74 Å². The van der Waals surface area contributed by atoms with Crippen molar-refractivity contribution in [2.45, 2.75) is 32.0 Å². The van der Waals surface area contributed by atoms with Crippen molar-refractivity contribution in [1.29, 1.82) is 0 Å². The zero-order valence-electron chi connectivity index (χ0n) is 12.7. The van der Waals surface area contributed by atoms with Crippen LogP contribution in [0.2, 0.25) is 0 Å². The maximum Gasteiger partial charge on any atom is 0.0900 e. The largest absolute Gasteiger partial charge is 0.389 e.